The predicted molar refractivity (Wildman–Crippen MR) is 157 cm³/mol. The van der Waals surface area contributed by atoms with E-state index in [-0.39, 0.29) is 5.91 Å². The van der Waals surface area contributed by atoms with E-state index < -0.39 is 10.0 Å². The number of aromatic nitrogens is 3. The van der Waals surface area contributed by atoms with Gasteiger partial charge in [0.1, 0.15) is 16.1 Å². The van der Waals surface area contributed by atoms with Crippen LogP contribution in [0.4, 0.5) is 0 Å². The lowest BCUT2D eigenvalue weighted by Crippen LogP contribution is -2.34. The normalized spacial score (nSPS) is 16.9. The zero-order chi connectivity index (χ0) is 25.6. The van der Waals surface area contributed by atoms with Crippen LogP contribution in [0.1, 0.15) is 41.4 Å². The number of amides is 1. The number of benzene rings is 1. The first kappa shape index (κ1) is 25.7. The second kappa shape index (κ2) is 10.1. The number of pyridine rings is 1. The van der Waals surface area contributed by atoms with Crippen LogP contribution in [-0.2, 0) is 18.0 Å². The Balaban J connectivity index is 1.38. The van der Waals surface area contributed by atoms with Crippen LogP contribution in [0, 0.1) is 16.5 Å². The molecule has 36 heavy (non-hydrogen) atoms. The van der Waals surface area contributed by atoms with Crippen molar-refractivity contribution in [2.45, 2.75) is 46.0 Å². The summed E-state index contributed by atoms with van der Waals surface area (Å²) in [5.74, 6) is 2.74. The zero-order valence-corrected chi connectivity index (χ0v) is 24.7. The first-order valence-corrected chi connectivity index (χ1v) is 16.6. The molecule has 0 bridgehead atoms. The largest absolute Gasteiger partial charge is 0.360 e. The summed E-state index contributed by atoms with van der Waals surface area (Å²) in [6.07, 6.45) is 11.2. The fourth-order valence-electron chi connectivity index (χ4n) is 4.75. The van der Waals surface area contributed by atoms with Gasteiger partial charge in [0.25, 0.3) is 5.91 Å². The Bertz CT molecular complexity index is 1300. The van der Waals surface area contributed by atoms with Crippen LogP contribution in [0.5, 0.6) is 0 Å². The molecule has 0 unspecified atom stereocenters. The van der Waals surface area contributed by atoms with E-state index >= 15 is 0 Å². The number of halogens is 1. The average Bonchev–Trinajstić information content (AvgIpc) is 3.59. The van der Waals surface area contributed by atoms with E-state index in [2.05, 4.69) is 76.0 Å². The molecule has 0 radical (unpaired) electrons. The Kier molecular flexibility index (Phi) is 7.22. The van der Waals surface area contributed by atoms with Crippen molar-refractivity contribution in [2.75, 3.05) is 31.1 Å². The Morgan fingerprint density at radius 2 is 1.92 bits per heavy atom. The molecule has 0 spiro atoms. The highest BCUT2D eigenvalue weighted by molar-refractivity contribution is 14.1. The summed E-state index contributed by atoms with van der Waals surface area (Å²) in [5.41, 5.74) is 5.93. The first-order valence-electron chi connectivity index (χ1n) is 12.5. The Morgan fingerprint density at radius 1 is 1.17 bits per heavy atom. The van der Waals surface area contributed by atoms with Crippen molar-refractivity contribution in [3.63, 3.8) is 0 Å². The number of fused-ring (bicyclic) bond motifs is 1. The van der Waals surface area contributed by atoms with E-state index in [1.165, 1.54) is 12.8 Å². The van der Waals surface area contributed by atoms with E-state index in [1.54, 1.807) is 0 Å². The van der Waals surface area contributed by atoms with Crippen LogP contribution in [-0.4, -0.2) is 62.5 Å². The molecule has 5 rings (SSSR count). The van der Waals surface area contributed by atoms with Gasteiger partial charge in [-0.3, -0.25) is 14.3 Å². The van der Waals surface area contributed by atoms with Crippen molar-refractivity contribution in [2.24, 2.45) is 5.92 Å². The van der Waals surface area contributed by atoms with E-state index in [1.807, 2.05) is 30.2 Å². The number of rotatable bonds is 9. The van der Waals surface area contributed by atoms with Gasteiger partial charge in [-0.05, 0) is 115 Å². The molecule has 6 nitrogen and oxygen atoms in total. The zero-order valence-electron chi connectivity index (χ0n) is 21.8. The van der Waals surface area contributed by atoms with Gasteiger partial charge in [-0.15, -0.1) is 0 Å². The second-order valence-electron chi connectivity index (χ2n) is 10.9. The number of hydrogen-bond acceptors (Lipinski definition) is 4. The number of ether oxygens (including phenoxy) is 1. The topological polar surface area (TPSA) is 60.2 Å². The van der Waals surface area contributed by atoms with Crippen LogP contribution < -0.4 is 0 Å². The summed E-state index contributed by atoms with van der Waals surface area (Å²) in [7, 11) is -0.588. The van der Waals surface area contributed by atoms with Crippen LogP contribution in [0.3, 0.4) is 0 Å². The first-order chi connectivity index (χ1) is 17.1. The van der Waals surface area contributed by atoms with Crippen molar-refractivity contribution in [3.05, 3.63) is 57.1 Å². The monoisotopic (exact) mass is 618 g/mol. The van der Waals surface area contributed by atoms with Gasteiger partial charge in [-0.1, -0.05) is 6.07 Å². The van der Waals surface area contributed by atoms with Crippen LogP contribution in [0.2, 0.25) is 0 Å². The number of carbonyl (C=O) groups is 1. The summed E-state index contributed by atoms with van der Waals surface area (Å²) in [6.45, 7) is 6.12. The van der Waals surface area contributed by atoms with E-state index in [9.17, 15) is 4.79 Å². The number of aryl methyl sites for hydroxylation is 1. The maximum absolute atomic E-state index is 13.0. The fraction of sp³-hybridized carbons (Fsp3) is 0.464. The van der Waals surface area contributed by atoms with E-state index in [0.29, 0.717) is 25.2 Å². The number of imidazole rings is 1. The second-order valence-corrected chi connectivity index (χ2v) is 16.5. The summed E-state index contributed by atoms with van der Waals surface area (Å²) >= 11 is 2.34. The van der Waals surface area contributed by atoms with Gasteiger partial charge in [0.15, 0.2) is 5.82 Å². The molecule has 3 heterocycles. The SMILES string of the molecule is Cc1nc(-c2cc(-c3ccc4c(c3)CN([C@@H](C)C3CC3)C4=O)ccn2)n(COCCS(C)(C)C)c1I. The summed E-state index contributed by atoms with van der Waals surface area (Å²) in [4.78, 5) is 24.5. The Labute approximate surface area is 229 Å². The van der Waals surface area contributed by atoms with Gasteiger partial charge in [0.2, 0.25) is 0 Å². The highest BCUT2D eigenvalue weighted by Gasteiger charge is 2.38. The Morgan fingerprint density at radius 3 is 2.64 bits per heavy atom. The third-order valence-corrected chi connectivity index (χ3v) is 9.94. The molecular weight excluding hydrogens is 583 g/mol. The molecule has 8 heteroatoms. The van der Waals surface area contributed by atoms with Crippen LogP contribution in [0.15, 0.2) is 36.5 Å². The van der Waals surface area contributed by atoms with Gasteiger partial charge >= 0.3 is 0 Å². The summed E-state index contributed by atoms with van der Waals surface area (Å²) < 4.78 is 9.23. The fourth-order valence-corrected chi connectivity index (χ4v) is 5.86. The lowest BCUT2D eigenvalue weighted by molar-refractivity contribution is 0.0697. The summed E-state index contributed by atoms with van der Waals surface area (Å²) in [5, 5.41) is 0. The minimum atomic E-state index is -0.588. The van der Waals surface area contributed by atoms with Gasteiger partial charge < -0.3 is 9.64 Å². The molecule has 3 aromatic rings. The molecule has 2 aliphatic rings. The van der Waals surface area contributed by atoms with Gasteiger partial charge in [-0.2, -0.15) is 0 Å². The van der Waals surface area contributed by atoms with Gasteiger partial charge in [0.05, 0.1) is 12.3 Å². The van der Waals surface area contributed by atoms with Gasteiger partial charge in [-0.25, -0.2) is 15.0 Å². The average molecular weight is 619 g/mol. The minimum absolute atomic E-state index is 0.173. The van der Waals surface area contributed by atoms with Crippen molar-refractivity contribution < 1.29 is 9.53 Å². The third-order valence-electron chi connectivity index (χ3n) is 7.18. The van der Waals surface area contributed by atoms with E-state index in [0.717, 1.165) is 55.5 Å². The third kappa shape index (κ3) is 5.36. The molecule has 192 valence electrons. The molecule has 1 saturated carbocycles. The maximum atomic E-state index is 13.0. The molecule has 1 fully saturated rings. The standard InChI is InChI=1S/C28H35IN4O2S/c1-18-26(29)33(17-35-12-13-36(3,4)5)27(31-18)25-15-22(10-11-30-25)21-8-9-24-23(14-21)16-32(28(24)34)19(2)20-6-7-20/h8-11,14-15,19-20H,6-7,12-13,16-17H2,1-5H3/t19-/m0/s1. The van der Waals surface area contributed by atoms with E-state index in [4.69, 9.17) is 9.72 Å². The maximum Gasteiger partial charge on any atom is 0.254 e. The van der Waals surface area contributed by atoms with Gasteiger partial charge in [0, 0.05) is 30.1 Å². The lowest BCUT2D eigenvalue weighted by atomic mass is 10.0. The van der Waals surface area contributed by atoms with Crippen LogP contribution >= 0.6 is 32.6 Å². The van der Waals surface area contributed by atoms with Crippen molar-refractivity contribution in [3.8, 4) is 22.6 Å². The number of carbonyl (C=O) groups excluding carboxylic acids is 1. The molecule has 1 aliphatic carbocycles. The number of hydrogen-bond donors (Lipinski definition) is 0. The van der Waals surface area contributed by atoms with Crippen molar-refractivity contribution in [1.29, 1.82) is 0 Å². The highest BCUT2D eigenvalue weighted by Crippen LogP contribution is 2.39. The minimum Gasteiger partial charge on any atom is -0.360 e. The molecule has 2 aromatic heterocycles. The molecule has 1 aromatic carbocycles. The van der Waals surface area contributed by atoms with Crippen molar-refractivity contribution >= 4 is 38.5 Å². The lowest BCUT2D eigenvalue weighted by Gasteiger charge is -2.24. The van der Waals surface area contributed by atoms with Crippen molar-refractivity contribution in [1.82, 2.24) is 19.4 Å². The Hall–Kier alpha value is -1.91. The molecule has 0 saturated heterocycles. The van der Waals surface area contributed by atoms with Crippen LogP contribution in [0.25, 0.3) is 22.6 Å². The predicted octanol–water partition coefficient (Wildman–Crippen LogP) is 5.95. The molecule has 1 aliphatic heterocycles. The highest BCUT2D eigenvalue weighted by atomic mass is 127. The molecule has 0 N–H and O–H groups in total. The summed E-state index contributed by atoms with van der Waals surface area (Å²) in [6, 6.07) is 10.7. The molecule has 1 atom stereocenters. The molecule has 1 amide bonds. The smallest absolute Gasteiger partial charge is 0.254 e. The number of nitrogens with zero attached hydrogens (tertiary/aromatic N) is 4. The molecular formula is C28H35IN4O2S. The quantitative estimate of drug-likeness (QED) is 0.220.